The topological polar surface area (TPSA) is 161 Å². The number of allylic oxidation sites excluding steroid dienone is 2. The fourth-order valence-corrected chi connectivity index (χ4v) is 13.1. The molecule has 0 spiro atoms. The van der Waals surface area contributed by atoms with Crippen LogP contribution in [0.4, 0.5) is 0 Å². The minimum Gasteiger partial charge on any atom is -0.459 e. The van der Waals surface area contributed by atoms with Gasteiger partial charge in [-0.05, 0) is 163 Å². The number of hydrogen-bond donors (Lipinski definition) is 1. The van der Waals surface area contributed by atoms with Gasteiger partial charge >= 0.3 is 29.8 Å². The first-order chi connectivity index (χ1) is 31.1. The molecule has 5 aliphatic carbocycles. The number of rotatable bonds is 11. The van der Waals surface area contributed by atoms with Crippen LogP contribution in [0.1, 0.15) is 138 Å². The summed E-state index contributed by atoms with van der Waals surface area (Å²) < 4.78 is 27.1. The van der Waals surface area contributed by atoms with Gasteiger partial charge in [0.05, 0.1) is 0 Å². The number of fused-ring (bicyclic) bond motifs is 7. The number of carbonyl (C=O) groups is 6. The second-order valence-electron chi connectivity index (χ2n) is 21.1. The summed E-state index contributed by atoms with van der Waals surface area (Å²) in [5, 5.41) is 3.30. The highest BCUT2D eigenvalue weighted by Gasteiger charge is 2.63. The van der Waals surface area contributed by atoms with Crippen molar-refractivity contribution in [1.82, 2.24) is 5.32 Å². The summed E-state index contributed by atoms with van der Waals surface area (Å²) in [6.45, 7) is 17.8. The molecule has 66 heavy (non-hydrogen) atoms. The lowest BCUT2D eigenvalue weighted by atomic mass is 9.38. The van der Waals surface area contributed by atoms with Crippen LogP contribution in [0.15, 0.2) is 60.2 Å². The van der Waals surface area contributed by atoms with Crippen molar-refractivity contribution >= 4 is 47.9 Å². The molecule has 9 unspecified atom stereocenters. The molecule has 2 aromatic rings. The van der Waals surface area contributed by atoms with Gasteiger partial charge in [0.2, 0.25) is 5.91 Å². The predicted molar refractivity (Wildman–Crippen MR) is 249 cm³/mol. The fraction of sp³-hybridized carbons (Fsp3) is 0.556. The Morgan fingerprint density at radius 1 is 0.652 bits per heavy atom. The van der Waals surface area contributed by atoms with E-state index >= 15 is 0 Å². The summed E-state index contributed by atoms with van der Waals surface area (Å²) in [4.78, 5) is 73.3. The molecule has 0 aliphatic heterocycles. The Balaban J connectivity index is 1.02. The summed E-state index contributed by atoms with van der Waals surface area (Å²) >= 11 is 0. The minimum absolute atomic E-state index is 0.0251. The third-order valence-electron chi connectivity index (χ3n) is 16.2. The first-order valence-corrected chi connectivity index (χ1v) is 23.7. The highest BCUT2D eigenvalue weighted by molar-refractivity contribution is 5.92. The normalized spacial score (nSPS) is 30.9. The SMILES string of the molecule is CC(=O)Oc1ccc(/C=C/C(=O)NCC23CCC4C(=CCC5C4(C)CCC4C(C)C(OC(=O)/C=C/c6ccc(OC(C)=O)c(OC(C)=O)c6)CCC45C)C2CC(C)(C)CC3)cc1OC(C)=O. The molecule has 1 N–H and O–H groups in total. The quantitative estimate of drug-likeness (QED) is 0.0989. The monoisotopic (exact) mass is 905 g/mol. The van der Waals surface area contributed by atoms with Gasteiger partial charge in [-0.3, -0.25) is 24.0 Å². The highest BCUT2D eigenvalue weighted by Crippen LogP contribution is 2.71. The second-order valence-corrected chi connectivity index (χ2v) is 21.1. The van der Waals surface area contributed by atoms with E-state index in [-0.39, 0.29) is 62.6 Å². The molecule has 0 bridgehead atoms. The van der Waals surface area contributed by atoms with Crippen molar-refractivity contribution in [3.8, 4) is 23.0 Å². The van der Waals surface area contributed by atoms with Crippen molar-refractivity contribution in [2.45, 2.75) is 133 Å². The Kier molecular flexibility index (Phi) is 13.9. The Bertz CT molecular complexity index is 2360. The molecule has 4 fully saturated rings. The van der Waals surface area contributed by atoms with Gasteiger partial charge in [-0.15, -0.1) is 0 Å². The lowest BCUT2D eigenvalue weighted by molar-refractivity contribution is -0.175. The average Bonchev–Trinajstić information content (AvgIpc) is 3.23. The Morgan fingerprint density at radius 2 is 1.21 bits per heavy atom. The maximum Gasteiger partial charge on any atom is 0.331 e. The molecule has 0 heterocycles. The zero-order valence-corrected chi connectivity index (χ0v) is 40.1. The van der Waals surface area contributed by atoms with Crippen LogP contribution in [0, 0.1) is 51.2 Å². The molecule has 12 nitrogen and oxygen atoms in total. The molecular formula is C54H67NO11. The third-order valence-corrected chi connectivity index (χ3v) is 16.2. The zero-order valence-electron chi connectivity index (χ0n) is 40.1. The minimum atomic E-state index is -0.558. The molecule has 2 aromatic carbocycles. The van der Waals surface area contributed by atoms with Crippen molar-refractivity contribution < 1.29 is 52.5 Å². The van der Waals surface area contributed by atoms with Crippen molar-refractivity contribution in [3.63, 3.8) is 0 Å². The lowest BCUT2D eigenvalue weighted by Gasteiger charge is -2.67. The number of carbonyl (C=O) groups excluding carboxylic acids is 6. The van der Waals surface area contributed by atoms with E-state index in [1.54, 1.807) is 48.1 Å². The van der Waals surface area contributed by atoms with E-state index in [9.17, 15) is 28.8 Å². The van der Waals surface area contributed by atoms with Gasteiger partial charge in [-0.2, -0.15) is 0 Å². The van der Waals surface area contributed by atoms with E-state index in [1.807, 2.05) is 0 Å². The smallest absolute Gasteiger partial charge is 0.331 e. The summed E-state index contributed by atoms with van der Waals surface area (Å²) in [6, 6.07) is 9.58. The van der Waals surface area contributed by atoms with Crippen molar-refractivity contribution in [2.75, 3.05) is 6.54 Å². The summed E-state index contributed by atoms with van der Waals surface area (Å²) in [5.41, 5.74) is 3.26. The van der Waals surface area contributed by atoms with Crippen LogP contribution in [-0.4, -0.2) is 48.4 Å². The highest BCUT2D eigenvalue weighted by atomic mass is 16.6. The predicted octanol–water partition coefficient (Wildman–Crippen LogP) is 10.2. The van der Waals surface area contributed by atoms with Gasteiger partial charge in [-0.25, -0.2) is 4.79 Å². The molecule has 354 valence electrons. The summed E-state index contributed by atoms with van der Waals surface area (Å²) in [7, 11) is 0. The van der Waals surface area contributed by atoms with E-state index in [1.165, 1.54) is 45.9 Å². The van der Waals surface area contributed by atoms with Gasteiger partial charge < -0.3 is 29.0 Å². The number of nitrogens with one attached hydrogen (secondary N) is 1. The van der Waals surface area contributed by atoms with Crippen molar-refractivity contribution in [1.29, 1.82) is 0 Å². The standard InChI is InChI=1S/C54H67NO11/c1-32-40-20-23-53(9)41-21-25-54(31-55-49(60)18-12-37-10-15-44(62-33(2)56)46(28-37)64-35(4)58)27-26-51(6,7)30-42(54)39(41)14-17-48(53)52(40,8)24-22-43(32)66-50(61)19-13-38-11-16-45(63-34(3)57)47(29-38)65-36(5)59/h10-16,18-19,28-29,32,40-43,48H,17,20-27,30-31H2,1-9H3,(H,55,60)/b18-12+,19-13+. The van der Waals surface area contributed by atoms with Gasteiger partial charge in [0.1, 0.15) is 6.10 Å². The number of amides is 1. The van der Waals surface area contributed by atoms with Gasteiger partial charge in [0.15, 0.2) is 23.0 Å². The number of benzene rings is 2. The molecule has 0 saturated heterocycles. The number of esters is 5. The number of ether oxygens (including phenoxy) is 5. The van der Waals surface area contributed by atoms with Crippen LogP contribution < -0.4 is 24.3 Å². The molecule has 5 aliphatic rings. The molecule has 7 rings (SSSR count). The van der Waals surface area contributed by atoms with Crippen LogP contribution in [0.25, 0.3) is 12.2 Å². The third kappa shape index (κ3) is 10.2. The van der Waals surface area contributed by atoms with E-state index in [0.717, 1.165) is 64.2 Å². The van der Waals surface area contributed by atoms with Crippen LogP contribution in [0.3, 0.4) is 0 Å². The fourth-order valence-electron chi connectivity index (χ4n) is 13.1. The lowest BCUT2D eigenvalue weighted by Crippen LogP contribution is -2.60. The first-order valence-electron chi connectivity index (χ1n) is 23.7. The Labute approximate surface area is 389 Å². The molecular weight excluding hydrogens is 839 g/mol. The van der Waals surface area contributed by atoms with Crippen LogP contribution in [0.2, 0.25) is 0 Å². The molecule has 9 atom stereocenters. The van der Waals surface area contributed by atoms with Gasteiger partial charge in [0.25, 0.3) is 0 Å². The van der Waals surface area contributed by atoms with E-state index in [0.29, 0.717) is 41.3 Å². The summed E-state index contributed by atoms with van der Waals surface area (Å²) in [6.07, 6.45) is 19.1. The largest absolute Gasteiger partial charge is 0.459 e. The van der Waals surface area contributed by atoms with Gasteiger partial charge in [0, 0.05) is 46.4 Å². The second kappa shape index (κ2) is 19.0. The molecule has 0 aromatic heterocycles. The van der Waals surface area contributed by atoms with E-state index in [2.05, 4.69) is 46.0 Å². The maximum absolute atomic E-state index is 13.5. The molecule has 4 saturated carbocycles. The molecule has 1 amide bonds. The summed E-state index contributed by atoms with van der Waals surface area (Å²) in [5.74, 6) is -0.337. The Hall–Kier alpha value is -5.52. The van der Waals surface area contributed by atoms with E-state index < -0.39 is 29.8 Å². The van der Waals surface area contributed by atoms with Gasteiger partial charge in [-0.1, -0.05) is 58.4 Å². The first kappa shape index (κ1) is 48.4. The van der Waals surface area contributed by atoms with Crippen LogP contribution in [-0.2, 0) is 33.5 Å². The number of hydrogen-bond acceptors (Lipinski definition) is 11. The van der Waals surface area contributed by atoms with Crippen LogP contribution in [0.5, 0.6) is 23.0 Å². The average molecular weight is 906 g/mol. The van der Waals surface area contributed by atoms with Crippen molar-refractivity contribution in [2.24, 2.45) is 51.2 Å². The van der Waals surface area contributed by atoms with E-state index in [4.69, 9.17) is 23.7 Å². The zero-order chi connectivity index (χ0) is 47.8. The molecule has 12 heteroatoms. The molecule has 0 radical (unpaired) electrons. The Morgan fingerprint density at radius 3 is 1.80 bits per heavy atom. The van der Waals surface area contributed by atoms with Crippen molar-refractivity contribution in [3.05, 3.63) is 71.3 Å². The maximum atomic E-state index is 13.5. The van der Waals surface area contributed by atoms with Crippen LogP contribution >= 0.6 is 0 Å².